The van der Waals surface area contributed by atoms with Crippen molar-refractivity contribution in [3.63, 3.8) is 0 Å². The Hall–Kier alpha value is -2.80. The van der Waals surface area contributed by atoms with Crippen LogP contribution in [0.25, 0.3) is 0 Å². The Balaban J connectivity index is 1.27. The van der Waals surface area contributed by atoms with E-state index in [9.17, 15) is 10.0 Å². The highest BCUT2D eigenvalue weighted by Crippen LogP contribution is 2.21. The van der Waals surface area contributed by atoms with Gasteiger partial charge < -0.3 is 19.6 Å². The molecule has 0 atom stereocenters. The van der Waals surface area contributed by atoms with Crippen molar-refractivity contribution >= 4 is 17.3 Å². The molecule has 7 nitrogen and oxygen atoms in total. The number of hydrogen-bond acceptors (Lipinski definition) is 5. The molecule has 0 aliphatic carbocycles. The molecule has 1 N–H and O–H groups in total. The van der Waals surface area contributed by atoms with E-state index in [4.69, 9.17) is 0 Å². The number of benzene rings is 1. The standard InChI is InChI=1S/C23H31N5O2/c1-25-13-10-21(24-30)20-9-14-28(22(20)23(25)29)12-6-5-11-26-15-17-27(18-16-26)19-7-3-2-4-8-19/h2-4,7-9,14,30H,5-6,10-13,15-18H2,1H3/b24-21+. The Labute approximate surface area is 178 Å². The van der Waals surface area contributed by atoms with Gasteiger partial charge in [0.1, 0.15) is 5.69 Å². The summed E-state index contributed by atoms with van der Waals surface area (Å²) in [4.78, 5) is 19.5. The Morgan fingerprint density at radius 3 is 2.43 bits per heavy atom. The first-order valence-electron chi connectivity index (χ1n) is 10.9. The zero-order chi connectivity index (χ0) is 20.9. The maximum atomic E-state index is 12.8. The number of anilines is 1. The number of piperazine rings is 1. The summed E-state index contributed by atoms with van der Waals surface area (Å²) in [5.41, 5.74) is 3.33. The molecular formula is C23H31N5O2. The minimum absolute atomic E-state index is 0.00526. The van der Waals surface area contributed by atoms with Gasteiger partial charge in [-0.3, -0.25) is 9.69 Å². The van der Waals surface area contributed by atoms with Gasteiger partial charge in [-0.1, -0.05) is 23.4 Å². The fraction of sp³-hybridized carbons (Fsp3) is 0.478. The van der Waals surface area contributed by atoms with E-state index >= 15 is 0 Å². The topological polar surface area (TPSA) is 64.3 Å². The summed E-state index contributed by atoms with van der Waals surface area (Å²) in [7, 11) is 1.80. The predicted octanol–water partition coefficient (Wildman–Crippen LogP) is 2.74. The molecule has 1 fully saturated rings. The Bertz CT molecular complexity index is 884. The number of rotatable bonds is 6. The minimum Gasteiger partial charge on any atom is -0.411 e. The molecule has 0 radical (unpaired) electrons. The van der Waals surface area contributed by atoms with Gasteiger partial charge in [-0.15, -0.1) is 0 Å². The van der Waals surface area contributed by atoms with Crippen LogP contribution in [0.3, 0.4) is 0 Å². The third-order valence-electron chi connectivity index (χ3n) is 6.25. The molecule has 1 amide bonds. The van der Waals surface area contributed by atoms with Crippen LogP contribution in [0, 0.1) is 0 Å². The highest BCUT2D eigenvalue weighted by Gasteiger charge is 2.27. The molecule has 2 aliphatic heterocycles. The molecule has 2 aromatic rings. The van der Waals surface area contributed by atoms with Crippen LogP contribution >= 0.6 is 0 Å². The molecule has 7 heteroatoms. The van der Waals surface area contributed by atoms with E-state index < -0.39 is 0 Å². The van der Waals surface area contributed by atoms with Crippen LogP contribution in [0.15, 0.2) is 47.8 Å². The lowest BCUT2D eigenvalue weighted by Crippen LogP contribution is -2.46. The number of oxime groups is 1. The summed E-state index contributed by atoms with van der Waals surface area (Å²) in [6, 6.07) is 12.5. The number of para-hydroxylation sites is 1. The Morgan fingerprint density at radius 1 is 0.967 bits per heavy atom. The molecule has 4 rings (SSSR count). The number of amides is 1. The molecular weight excluding hydrogens is 378 g/mol. The first-order chi connectivity index (χ1) is 14.7. The van der Waals surface area contributed by atoms with Crippen LogP contribution in [0.4, 0.5) is 5.69 Å². The number of aryl methyl sites for hydroxylation is 1. The average Bonchev–Trinajstić information content (AvgIpc) is 3.16. The zero-order valence-electron chi connectivity index (χ0n) is 17.7. The monoisotopic (exact) mass is 409 g/mol. The zero-order valence-corrected chi connectivity index (χ0v) is 17.7. The minimum atomic E-state index is 0.00526. The van der Waals surface area contributed by atoms with E-state index in [0.717, 1.165) is 57.7 Å². The van der Waals surface area contributed by atoms with Gasteiger partial charge in [0.15, 0.2) is 0 Å². The first kappa shape index (κ1) is 20.5. The van der Waals surface area contributed by atoms with Crippen molar-refractivity contribution < 1.29 is 10.0 Å². The van der Waals surface area contributed by atoms with Gasteiger partial charge in [0.2, 0.25) is 0 Å². The molecule has 0 spiro atoms. The lowest BCUT2D eigenvalue weighted by molar-refractivity contribution is 0.0791. The average molecular weight is 410 g/mol. The van der Waals surface area contributed by atoms with Gasteiger partial charge in [-0.05, 0) is 37.6 Å². The van der Waals surface area contributed by atoms with Gasteiger partial charge >= 0.3 is 0 Å². The normalized spacial score (nSPS) is 19.2. The lowest BCUT2D eigenvalue weighted by atomic mass is 10.1. The fourth-order valence-corrected chi connectivity index (χ4v) is 4.41. The largest absolute Gasteiger partial charge is 0.411 e. The van der Waals surface area contributed by atoms with Gasteiger partial charge in [0.05, 0.1) is 5.71 Å². The van der Waals surface area contributed by atoms with E-state index in [2.05, 4.69) is 45.3 Å². The lowest BCUT2D eigenvalue weighted by Gasteiger charge is -2.36. The number of hydrogen-bond donors (Lipinski definition) is 1. The predicted molar refractivity (Wildman–Crippen MR) is 119 cm³/mol. The summed E-state index contributed by atoms with van der Waals surface area (Å²) in [5.74, 6) is 0.00526. The molecule has 0 bridgehead atoms. The van der Waals surface area contributed by atoms with Crippen LogP contribution in [0.5, 0.6) is 0 Å². The second kappa shape index (κ2) is 9.34. The third-order valence-corrected chi connectivity index (χ3v) is 6.25. The molecule has 0 unspecified atom stereocenters. The van der Waals surface area contributed by atoms with E-state index in [-0.39, 0.29) is 5.91 Å². The molecule has 1 saturated heterocycles. The van der Waals surface area contributed by atoms with Gasteiger partial charge in [-0.2, -0.15) is 0 Å². The summed E-state index contributed by atoms with van der Waals surface area (Å²) >= 11 is 0. The molecule has 2 aliphatic rings. The summed E-state index contributed by atoms with van der Waals surface area (Å²) < 4.78 is 2.03. The van der Waals surface area contributed by atoms with Crippen LogP contribution in [-0.2, 0) is 6.54 Å². The van der Waals surface area contributed by atoms with Crippen molar-refractivity contribution in [3.8, 4) is 0 Å². The summed E-state index contributed by atoms with van der Waals surface area (Å²) in [6.45, 7) is 6.78. The molecule has 1 aromatic heterocycles. The van der Waals surface area contributed by atoms with E-state index in [1.165, 1.54) is 5.69 Å². The summed E-state index contributed by atoms with van der Waals surface area (Å²) in [6.07, 6.45) is 4.64. The quantitative estimate of drug-likeness (QED) is 0.453. The Morgan fingerprint density at radius 2 is 1.70 bits per heavy atom. The van der Waals surface area contributed by atoms with Crippen molar-refractivity contribution in [1.82, 2.24) is 14.4 Å². The van der Waals surface area contributed by atoms with Crippen molar-refractivity contribution in [2.45, 2.75) is 25.8 Å². The van der Waals surface area contributed by atoms with Gasteiger partial charge in [0.25, 0.3) is 5.91 Å². The van der Waals surface area contributed by atoms with Crippen LogP contribution in [-0.4, -0.2) is 77.5 Å². The molecule has 160 valence electrons. The third kappa shape index (κ3) is 4.36. The number of carbonyl (C=O) groups excluding carboxylic acids is 1. The van der Waals surface area contributed by atoms with Gasteiger partial charge in [0, 0.05) is 70.2 Å². The molecule has 0 saturated carbocycles. The van der Waals surface area contributed by atoms with Crippen LogP contribution < -0.4 is 4.90 Å². The number of fused-ring (bicyclic) bond motifs is 1. The van der Waals surface area contributed by atoms with Crippen LogP contribution in [0.1, 0.15) is 35.3 Å². The van der Waals surface area contributed by atoms with Crippen molar-refractivity contribution in [1.29, 1.82) is 0 Å². The highest BCUT2D eigenvalue weighted by molar-refractivity contribution is 6.11. The first-order valence-corrected chi connectivity index (χ1v) is 10.9. The van der Waals surface area contributed by atoms with Crippen molar-refractivity contribution in [3.05, 3.63) is 53.9 Å². The second-order valence-corrected chi connectivity index (χ2v) is 8.17. The maximum Gasteiger partial charge on any atom is 0.270 e. The van der Waals surface area contributed by atoms with Crippen LogP contribution in [0.2, 0.25) is 0 Å². The molecule has 3 heterocycles. The van der Waals surface area contributed by atoms with E-state index in [0.29, 0.717) is 24.4 Å². The number of nitrogens with zero attached hydrogens (tertiary/aromatic N) is 5. The fourth-order valence-electron chi connectivity index (χ4n) is 4.41. The second-order valence-electron chi connectivity index (χ2n) is 8.17. The smallest absolute Gasteiger partial charge is 0.270 e. The van der Waals surface area contributed by atoms with E-state index in [1.807, 2.05) is 16.8 Å². The van der Waals surface area contributed by atoms with Crippen molar-refractivity contribution in [2.75, 3.05) is 51.2 Å². The summed E-state index contributed by atoms with van der Waals surface area (Å²) in [5, 5.41) is 12.8. The Kier molecular flexibility index (Phi) is 6.38. The number of unbranched alkanes of at least 4 members (excludes halogenated alkanes) is 1. The van der Waals surface area contributed by atoms with Crippen molar-refractivity contribution in [2.24, 2.45) is 5.16 Å². The highest BCUT2D eigenvalue weighted by atomic mass is 16.4. The van der Waals surface area contributed by atoms with Gasteiger partial charge in [-0.25, -0.2) is 0 Å². The van der Waals surface area contributed by atoms with E-state index in [1.54, 1.807) is 11.9 Å². The SMILES string of the molecule is CN1CC/C(=N\O)c2ccn(CCCCN3CCN(c4ccccc4)CC3)c2C1=O. The number of aromatic nitrogens is 1. The molecule has 1 aromatic carbocycles. The number of carbonyl (C=O) groups is 1. The molecule has 30 heavy (non-hydrogen) atoms. The maximum absolute atomic E-state index is 12.8.